The smallest absolute Gasteiger partial charge is 0.337 e. The van der Waals surface area contributed by atoms with Crippen LogP contribution in [-0.2, 0) is 4.74 Å². The van der Waals surface area contributed by atoms with Gasteiger partial charge in [-0.2, -0.15) is 0 Å². The minimum atomic E-state index is -0.753. The molecule has 3 nitrogen and oxygen atoms in total. The summed E-state index contributed by atoms with van der Waals surface area (Å²) in [4.78, 5) is 11.4. The Morgan fingerprint density at radius 2 is 2.00 bits per heavy atom. The fourth-order valence-corrected chi connectivity index (χ4v) is 1.89. The van der Waals surface area contributed by atoms with Crippen LogP contribution in [0.4, 0.5) is 4.39 Å². The molecule has 2 aromatic rings. The molecular weight excluding hydrogens is 271 g/mol. The van der Waals surface area contributed by atoms with Gasteiger partial charge in [0.25, 0.3) is 0 Å². The van der Waals surface area contributed by atoms with Crippen molar-refractivity contribution in [1.82, 2.24) is 0 Å². The Morgan fingerprint density at radius 1 is 1.26 bits per heavy atom. The Kier molecular flexibility index (Phi) is 3.71. The summed E-state index contributed by atoms with van der Waals surface area (Å²) in [5, 5.41) is 9.53. The first kappa shape index (κ1) is 13.4. The van der Waals surface area contributed by atoms with Crippen LogP contribution in [0.1, 0.15) is 10.4 Å². The number of phenols is 1. The fraction of sp³-hybridized carbons (Fsp3) is 0.0714. The number of esters is 1. The number of carbonyl (C=O) groups is 1. The zero-order chi connectivity index (χ0) is 14.0. The Labute approximate surface area is 114 Å². The first-order chi connectivity index (χ1) is 9.02. The third-order valence-electron chi connectivity index (χ3n) is 2.65. The van der Waals surface area contributed by atoms with E-state index >= 15 is 0 Å². The van der Waals surface area contributed by atoms with E-state index in [1.165, 1.54) is 37.4 Å². The largest absolute Gasteiger partial charge is 0.505 e. The maximum Gasteiger partial charge on any atom is 0.337 e. The van der Waals surface area contributed by atoms with Crippen molar-refractivity contribution in [3.05, 3.63) is 52.8 Å². The highest BCUT2D eigenvalue weighted by Crippen LogP contribution is 2.31. The molecule has 98 valence electrons. The van der Waals surface area contributed by atoms with E-state index in [9.17, 15) is 9.18 Å². The average molecular weight is 281 g/mol. The van der Waals surface area contributed by atoms with Gasteiger partial charge in [-0.1, -0.05) is 17.7 Å². The lowest BCUT2D eigenvalue weighted by molar-refractivity contribution is 0.0601. The Balaban J connectivity index is 2.54. The number of hydrogen-bond donors (Lipinski definition) is 1. The molecule has 1 N–H and O–H groups in total. The molecule has 0 saturated heterocycles. The normalized spacial score (nSPS) is 10.3. The fourth-order valence-electron chi connectivity index (χ4n) is 1.67. The van der Waals surface area contributed by atoms with E-state index in [2.05, 4.69) is 4.74 Å². The van der Waals surface area contributed by atoms with Gasteiger partial charge >= 0.3 is 5.97 Å². The summed E-state index contributed by atoms with van der Waals surface area (Å²) in [5.41, 5.74) is 1.27. The number of phenolic OH excluding ortho intramolecular Hbond substituents is 1. The lowest BCUT2D eigenvalue weighted by atomic mass is 10.0. The number of benzene rings is 2. The molecule has 0 aromatic heterocycles. The maximum absolute atomic E-state index is 13.3. The summed E-state index contributed by atoms with van der Waals surface area (Å²) in [6.07, 6.45) is 0. The number of hydrogen-bond acceptors (Lipinski definition) is 3. The molecule has 2 rings (SSSR count). The predicted octanol–water partition coefficient (Wildman–Crippen LogP) is 3.64. The minimum absolute atomic E-state index is 0.315. The SMILES string of the molecule is COC(=O)c1ccc(Cl)c(-c2ccc(O)c(F)c2)c1. The lowest BCUT2D eigenvalue weighted by Gasteiger charge is -2.07. The van der Waals surface area contributed by atoms with E-state index in [0.29, 0.717) is 21.7 Å². The van der Waals surface area contributed by atoms with Crippen LogP contribution < -0.4 is 0 Å². The second kappa shape index (κ2) is 5.28. The van der Waals surface area contributed by atoms with Crippen LogP contribution >= 0.6 is 11.6 Å². The monoisotopic (exact) mass is 280 g/mol. The van der Waals surface area contributed by atoms with E-state index in [4.69, 9.17) is 16.7 Å². The molecule has 0 fully saturated rings. The van der Waals surface area contributed by atoms with E-state index in [1.54, 1.807) is 0 Å². The van der Waals surface area contributed by atoms with E-state index in [0.717, 1.165) is 6.07 Å². The molecule has 0 aliphatic rings. The molecule has 0 bridgehead atoms. The standard InChI is InChI=1S/C14H10ClFO3/c1-19-14(18)9-2-4-11(15)10(6-9)8-3-5-13(17)12(16)7-8/h2-7,17H,1H3. The van der Waals surface area contributed by atoms with Crippen molar-refractivity contribution in [2.45, 2.75) is 0 Å². The van der Waals surface area contributed by atoms with Crippen LogP contribution in [0.5, 0.6) is 5.75 Å². The third kappa shape index (κ3) is 2.69. The van der Waals surface area contributed by atoms with Crippen molar-refractivity contribution < 1.29 is 19.0 Å². The molecule has 0 heterocycles. The summed E-state index contributed by atoms with van der Waals surface area (Å²) in [7, 11) is 1.27. The molecule has 19 heavy (non-hydrogen) atoms. The maximum atomic E-state index is 13.3. The summed E-state index contributed by atoms with van der Waals surface area (Å²) < 4.78 is 18.0. The van der Waals surface area contributed by atoms with Crippen LogP contribution in [0.25, 0.3) is 11.1 Å². The quantitative estimate of drug-likeness (QED) is 0.854. The van der Waals surface area contributed by atoms with E-state index in [-0.39, 0.29) is 0 Å². The van der Waals surface area contributed by atoms with Crippen LogP contribution in [0.3, 0.4) is 0 Å². The Hall–Kier alpha value is -2.07. The van der Waals surface area contributed by atoms with Gasteiger partial charge in [-0.05, 0) is 35.9 Å². The molecule has 2 aromatic carbocycles. The summed E-state index contributed by atoms with van der Waals surface area (Å²) in [5.74, 6) is -1.70. The summed E-state index contributed by atoms with van der Waals surface area (Å²) in [6.45, 7) is 0. The highest BCUT2D eigenvalue weighted by atomic mass is 35.5. The van der Waals surface area contributed by atoms with Crippen molar-refractivity contribution in [1.29, 1.82) is 0 Å². The van der Waals surface area contributed by atoms with Gasteiger partial charge in [0, 0.05) is 10.6 Å². The number of halogens is 2. The Morgan fingerprint density at radius 3 is 2.63 bits per heavy atom. The second-order valence-electron chi connectivity index (χ2n) is 3.85. The van der Waals surface area contributed by atoms with Crippen molar-refractivity contribution in [2.24, 2.45) is 0 Å². The van der Waals surface area contributed by atoms with Gasteiger partial charge in [-0.15, -0.1) is 0 Å². The van der Waals surface area contributed by atoms with Gasteiger partial charge in [0.2, 0.25) is 0 Å². The van der Waals surface area contributed by atoms with Crippen molar-refractivity contribution in [2.75, 3.05) is 7.11 Å². The highest BCUT2D eigenvalue weighted by Gasteiger charge is 2.12. The molecule has 0 spiro atoms. The second-order valence-corrected chi connectivity index (χ2v) is 4.26. The third-order valence-corrected chi connectivity index (χ3v) is 2.98. The van der Waals surface area contributed by atoms with E-state index < -0.39 is 17.5 Å². The average Bonchev–Trinajstić information content (AvgIpc) is 2.41. The number of carbonyl (C=O) groups excluding carboxylic acids is 1. The van der Waals surface area contributed by atoms with Gasteiger partial charge in [-0.25, -0.2) is 9.18 Å². The highest BCUT2D eigenvalue weighted by molar-refractivity contribution is 6.33. The van der Waals surface area contributed by atoms with Gasteiger partial charge in [0.15, 0.2) is 11.6 Å². The van der Waals surface area contributed by atoms with E-state index in [1.807, 2.05) is 0 Å². The first-order valence-electron chi connectivity index (χ1n) is 5.39. The van der Waals surface area contributed by atoms with Crippen molar-refractivity contribution >= 4 is 17.6 Å². The summed E-state index contributed by atoms with van der Waals surface area (Å²) >= 11 is 6.03. The van der Waals surface area contributed by atoms with Crippen LogP contribution in [0, 0.1) is 5.82 Å². The van der Waals surface area contributed by atoms with Crippen molar-refractivity contribution in [3.8, 4) is 16.9 Å². The number of aromatic hydroxyl groups is 1. The molecule has 0 amide bonds. The first-order valence-corrected chi connectivity index (χ1v) is 5.77. The zero-order valence-corrected chi connectivity index (χ0v) is 10.7. The number of rotatable bonds is 2. The topological polar surface area (TPSA) is 46.5 Å². The number of ether oxygens (including phenoxy) is 1. The van der Waals surface area contributed by atoms with Gasteiger partial charge in [0.05, 0.1) is 12.7 Å². The van der Waals surface area contributed by atoms with Crippen LogP contribution in [0.2, 0.25) is 5.02 Å². The predicted molar refractivity (Wildman–Crippen MR) is 69.9 cm³/mol. The Bertz CT molecular complexity index is 641. The van der Waals surface area contributed by atoms with Gasteiger partial charge < -0.3 is 9.84 Å². The molecule has 5 heteroatoms. The lowest BCUT2D eigenvalue weighted by Crippen LogP contribution is -2.01. The molecular formula is C14H10ClFO3. The zero-order valence-electron chi connectivity index (χ0n) is 9.98. The molecule has 0 radical (unpaired) electrons. The van der Waals surface area contributed by atoms with Gasteiger partial charge in [0.1, 0.15) is 0 Å². The molecule has 0 aliphatic carbocycles. The van der Waals surface area contributed by atoms with Gasteiger partial charge in [-0.3, -0.25) is 0 Å². The number of methoxy groups -OCH3 is 1. The van der Waals surface area contributed by atoms with Crippen molar-refractivity contribution in [3.63, 3.8) is 0 Å². The van der Waals surface area contributed by atoms with Crippen LogP contribution in [0.15, 0.2) is 36.4 Å². The summed E-state index contributed by atoms with van der Waals surface area (Å²) in [6, 6.07) is 8.46. The van der Waals surface area contributed by atoms with Crippen LogP contribution in [-0.4, -0.2) is 18.2 Å². The molecule has 0 saturated carbocycles. The molecule has 0 atom stereocenters. The molecule has 0 aliphatic heterocycles. The minimum Gasteiger partial charge on any atom is -0.505 e. The molecule has 0 unspecified atom stereocenters.